The van der Waals surface area contributed by atoms with Crippen LogP contribution >= 0.6 is 0 Å². The highest BCUT2D eigenvalue weighted by atomic mass is 16.6. The minimum atomic E-state index is -0.637. The first-order valence-electron chi connectivity index (χ1n) is 12.6. The van der Waals surface area contributed by atoms with E-state index < -0.39 is 18.2 Å². The summed E-state index contributed by atoms with van der Waals surface area (Å²) in [6, 6.07) is 6.87. The van der Waals surface area contributed by atoms with Crippen LogP contribution in [0.15, 0.2) is 24.3 Å². The van der Waals surface area contributed by atoms with Crippen molar-refractivity contribution < 1.29 is 38.1 Å². The molecule has 1 atom stereocenters. The maximum atomic E-state index is 13.2. The van der Waals surface area contributed by atoms with E-state index in [0.717, 1.165) is 24.8 Å². The molecule has 2 aromatic rings. The number of aryl methyl sites for hydroxylation is 1. The second-order valence-electron chi connectivity index (χ2n) is 9.76. The fourth-order valence-electron chi connectivity index (χ4n) is 4.76. The van der Waals surface area contributed by atoms with E-state index in [1.165, 1.54) is 7.11 Å². The summed E-state index contributed by atoms with van der Waals surface area (Å²) in [4.78, 5) is 38.9. The Hall–Kier alpha value is -3.75. The smallest absolute Gasteiger partial charge is 0.415 e. The number of esters is 1. The molecule has 2 aromatic carbocycles. The highest BCUT2D eigenvalue weighted by molar-refractivity contribution is 5.97. The van der Waals surface area contributed by atoms with E-state index in [0.29, 0.717) is 42.9 Å². The Labute approximate surface area is 216 Å². The van der Waals surface area contributed by atoms with E-state index in [2.05, 4.69) is 0 Å². The second-order valence-corrected chi connectivity index (χ2v) is 9.76. The Kier molecular flexibility index (Phi) is 8.21. The van der Waals surface area contributed by atoms with Crippen LogP contribution in [-0.4, -0.2) is 43.6 Å². The van der Waals surface area contributed by atoms with Gasteiger partial charge in [0.05, 0.1) is 7.11 Å². The molecule has 1 unspecified atom stereocenters. The fourth-order valence-corrected chi connectivity index (χ4v) is 4.76. The average Bonchev–Trinajstić information content (AvgIpc) is 2.87. The van der Waals surface area contributed by atoms with E-state index in [4.69, 9.17) is 23.7 Å². The number of amides is 1. The molecular formula is C28H33NO8. The Balaban J connectivity index is 1.75. The van der Waals surface area contributed by atoms with Crippen LogP contribution in [0.5, 0.6) is 23.0 Å². The van der Waals surface area contributed by atoms with Crippen molar-refractivity contribution in [2.45, 2.75) is 59.2 Å². The van der Waals surface area contributed by atoms with Crippen LogP contribution in [0.3, 0.4) is 0 Å². The molecule has 37 heavy (non-hydrogen) atoms. The van der Waals surface area contributed by atoms with Crippen LogP contribution in [0.25, 0.3) is 0 Å². The van der Waals surface area contributed by atoms with Crippen molar-refractivity contribution in [3.63, 3.8) is 0 Å². The minimum absolute atomic E-state index is 0.0720. The van der Waals surface area contributed by atoms with Crippen molar-refractivity contribution >= 4 is 18.5 Å². The molecule has 0 saturated carbocycles. The zero-order valence-electron chi connectivity index (χ0n) is 21.7. The Morgan fingerprint density at radius 2 is 1.92 bits per heavy atom. The molecular weight excluding hydrogens is 478 g/mol. The molecule has 198 valence electrons. The molecule has 2 aliphatic rings. The third kappa shape index (κ3) is 5.81. The number of nitrogens with zero attached hydrogens (tertiary/aromatic N) is 1. The number of carbonyl (C=O) groups excluding carboxylic acids is 3. The van der Waals surface area contributed by atoms with E-state index in [1.807, 2.05) is 26.8 Å². The number of rotatable bonds is 7. The normalized spacial score (nSPS) is 15.8. The van der Waals surface area contributed by atoms with Crippen LogP contribution < -0.4 is 14.2 Å². The number of benzene rings is 2. The van der Waals surface area contributed by atoms with Gasteiger partial charge in [-0.3, -0.25) is 4.79 Å². The fraction of sp³-hybridized carbons (Fsp3) is 0.464. The van der Waals surface area contributed by atoms with Gasteiger partial charge in [-0.1, -0.05) is 13.8 Å². The van der Waals surface area contributed by atoms with Crippen LogP contribution in [-0.2, 0) is 20.9 Å². The minimum Gasteiger partial charge on any atom is -0.495 e. The Bertz CT molecular complexity index is 1170. The predicted octanol–water partition coefficient (Wildman–Crippen LogP) is 5.71. The zero-order valence-corrected chi connectivity index (χ0v) is 21.7. The summed E-state index contributed by atoms with van der Waals surface area (Å²) in [5.74, 6) is 0.508. The van der Waals surface area contributed by atoms with Gasteiger partial charge in [0, 0.05) is 24.2 Å². The lowest BCUT2D eigenvalue weighted by molar-refractivity contribution is -0.134. The Morgan fingerprint density at radius 1 is 1.16 bits per heavy atom. The van der Waals surface area contributed by atoms with E-state index in [1.54, 1.807) is 23.1 Å². The Morgan fingerprint density at radius 3 is 2.59 bits per heavy atom. The maximum Gasteiger partial charge on any atom is 0.415 e. The van der Waals surface area contributed by atoms with Crippen LogP contribution in [0.1, 0.15) is 72.7 Å². The quantitative estimate of drug-likeness (QED) is 0.344. The van der Waals surface area contributed by atoms with Crippen LogP contribution in [0, 0.1) is 12.8 Å². The summed E-state index contributed by atoms with van der Waals surface area (Å²) in [5.41, 5.74) is 2.01. The molecule has 0 N–H and O–H groups in total. The lowest BCUT2D eigenvalue weighted by Gasteiger charge is -2.27. The second kappa shape index (κ2) is 11.5. The lowest BCUT2D eigenvalue weighted by atomic mass is 9.96. The molecule has 1 amide bonds. The van der Waals surface area contributed by atoms with Gasteiger partial charge in [0.2, 0.25) is 0 Å². The molecule has 1 fully saturated rings. The lowest BCUT2D eigenvalue weighted by Crippen LogP contribution is -2.37. The first-order chi connectivity index (χ1) is 17.8. The van der Waals surface area contributed by atoms with E-state index >= 15 is 0 Å². The van der Waals surface area contributed by atoms with Crippen molar-refractivity contribution in [2.75, 3.05) is 20.2 Å². The summed E-state index contributed by atoms with van der Waals surface area (Å²) >= 11 is 0. The number of piperidine rings is 1. The molecule has 2 heterocycles. The van der Waals surface area contributed by atoms with Crippen molar-refractivity contribution in [2.24, 2.45) is 5.92 Å². The van der Waals surface area contributed by atoms with Gasteiger partial charge in [0.15, 0.2) is 11.5 Å². The van der Waals surface area contributed by atoms with Gasteiger partial charge in [-0.25, -0.2) is 9.59 Å². The van der Waals surface area contributed by atoms with Gasteiger partial charge in [-0.05, 0) is 68.4 Å². The summed E-state index contributed by atoms with van der Waals surface area (Å²) < 4.78 is 28.7. The molecule has 4 rings (SSSR count). The molecule has 0 spiro atoms. The van der Waals surface area contributed by atoms with Gasteiger partial charge in [-0.15, -0.1) is 0 Å². The number of hydrogen-bond donors (Lipinski definition) is 0. The van der Waals surface area contributed by atoms with Crippen molar-refractivity contribution in [1.82, 2.24) is 4.90 Å². The number of carbonyl (C=O) groups is 3. The largest absolute Gasteiger partial charge is 0.495 e. The number of ether oxygens (including phenoxy) is 5. The molecule has 0 radical (unpaired) electrons. The summed E-state index contributed by atoms with van der Waals surface area (Å²) in [6.45, 7) is 7.47. The number of fused-ring (bicyclic) bond motifs is 2. The van der Waals surface area contributed by atoms with E-state index in [-0.39, 0.29) is 35.3 Å². The summed E-state index contributed by atoms with van der Waals surface area (Å²) in [7, 11) is 1.43. The SMILES string of the molecule is COc1c(C(CC(C)C)OC=O)ccc2c1C(=O)OCc1cc(C)cc(OC(=O)N3CCCCC3)c1O2. The van der Waals surface area contributed by atoms with Gasteiger partial charge >= 0.3 is 12.1 Å². The molecule has 0 aliphatic carbocycles. The topological polar surface area (TPSA) is 101 Å². The summed E-state index contributed by atoms with van der Waals surface area (Å²) in [6.07, 6.45) is 2.44. The number of hydrogen-bond acceptors (Lipinski definition) is 8. The van der Waals surface area contributed by atoms with Gasteiger partial charge in [0.25, 0.3) is 6.47 Å². The van der Waals surface area contributed by atoms with E-state index in [9.17, 15) is 14.4 Å². The van der Waals surface area contributed by atoms with Gasteiger partial charge in [0.1, 0.15) is 29.8 Å². The number of methoxy groups -OCH3 is 1. The summed E-state index contributed by atoms with van der Waals surface area (Å²) in [5, 5.41) is 0. The third-order valence-electron chi connectivity index (χ3n) is 6.47. The van der Waals surface area contributed by atoms with Crippen molar-refractivity contribution in [3.8, 4) is 23.0 Å². The standard InChI is InChI=1S/C28H33NO8/c1-17(2)12-22(35-16-30)20-8-9-21-24(26(20)33-4)27(31)34-15-19-13-18(3)14-23(25(19)36-21)37-28(32)29-10-6-5-7-11-29/h8-9,13-14,16-17,22H,5-7,10-12,15H2,1-4H3. The van der Waals surface area contributed by atoms with Crippen LogP contribution in [0.2, 0.25) is 0 Å². The van der Waals surface area contributed by atoms with Crippen molar-refractivity contribution in [1.29, 1.82) is 0 Å². The third-order valence-corrected chi connectivity index (χ3v) is 6.47. The molecule has 0 aromatic heterocycles. The molecule has 0 bridgehead atoms. The number of cyclic esters (lactones) is 1. The molecule has 1 saturated heterocycles. The molecule has 9 nitrogen and oxygen atoms in total. The first-order valence-corrected chi connectivity index (χ1v) is 12.6. The highest BCUT2D eigenvalue weighted by Crippen LogP contribution is 2.45. The van der Waals surface area contributed by atoms with Gasteiger partial charge < -0.3 is 28.6 Å². The maximum absolute atomic E-state index is 13.2. The highest BCUT2D eigenvalue weighted by Gasteiger charge is 2.32. The molecule has 2 aliphatic heterocycles. The van der Waals surface area contributed by atoms with Crippen LogP contribution in [0.4, 0.5) is 4.79 Å². The molecule has 9 heteroatoms. The van der Waals surface area contributed by atoms with Crippen molar-refractivity contribution in [3.05, 3.63) is 46.5 Å². The average molecular weight is 512 g/mol. The van der Waals surface area contributed by atoms with Gasteiger partial charge in [-0.2, -0.15) is 0 Å². The first kappa shape index (κ1) is 26.3. The zero-order chi connectivity index (χ0) is 26.5. The predicted molar refractivity (Wildman–Crippen MR) is 134 cm³/mol. The number of likely N-dealkylation sites (tertiary alicyclic amines) is 1. The monoisotopic (exact) mass is 511 g/mol.